The van der Waals surface area contributed by atoms with Crippen LogP contribution in [0.1, 0.15) is 44.2 Å². The Morgan fingerprint density at radius 1 is 1.21 bits per heavy atom. The molecule has 0 spiro atoms. The lowest BCUT2D eigenvalue weighted by molar-refractivity contribution is 0.283. The Balaban J connectivity index is 1.62. The van der Waals surface area contributed by atoms with Crippen LogP contribution in [0.25, 0.3) is 0 Å². The summed E-state index contributed by atoms with van der Waals surface area (Å²) in [4.78, 5) is 2.61. The summed E-state index contributed by atoms with van der Waals surface area (Å²) in [5, 5.41) is 3.64. The van der Waals surface area contributed by atoms with Crippen LogP contribution in [0.4, 0.5) is 0 Å². The van der Waals surface area contributed by atoms with E-state index in [-0.39, 0.29) is 0 Å². The lowest BCUT2D eigenvalue weighted by atomic mass is 9.93. The van der Waals surface area contributed by atoms with Crippen LogP contribution in [0.5, 0.6) is 0 Å². The van der Waals surface area contributed by atoms with Crippen molar-refractivity contribution in [1.82, 2.24) is 10.2 Å². The van der Waals surface area contributed by atoms with Crippen LogP contribution < -0.4 is 5.32 Å². The SMILES string of the molecule is CC1(C)CCN(Cc2ccccc2CNC2CC2)C1. The fourth-order valence-electron chi connectivity index (χ4n) is 3.03. The molecule has 3 rings (SSSR count). The average Bonchev–Trinajstić information content (AvgIpc) is 3.13. The van der Waals surface area contributed by atoms with Gasteiger partial charge in [0.15, 0.2) is 0 Å². The van der Waals surface area contributed by atoms with Gasteiger partial charge in [0.1, 0.15) is 0 Å². The average molecular weight is 258 g/mol. The van der Waals surface area contributed by atoms with Gasteiger partial charge < -0.3 is 5.32 Å². The Labute approximate surface area is 117 Å². The minimum absolute atomic E-state index is 0.501. The monoisotopic (exact) mass is 258 g/mol. The fourth-order valence-corrected chi connectivity index (χ4v) is 3.03. The van der Waals surface area contributed by atoms with Crippen molar-refractivity contribution in [3.8, 4) is 0 Å². The van der Waals surface area contributed by atoms with Gasteiger partial charge in [-0.3, -0.25) is 4.90 Å². The lowest BCUT2D eigenvalue weighted by Gasteiger charge is -2.21. The van der Waals surface area contributed by atoms with Crippen molar-refractivity contribution in [1.29, 1.82) is 0 Å². The molecule has 0 atom stereocenters. The first-order chi connectivity index (χ1) is 9.12. The molecule has 1 saturated heterocycles. The van der Waals surface area contributed by atoms with Gasteiger partial charge in [-0.2, -0.15) is 0 Å². The fraction of sp³-hybridized carbons (Fsp3) is 0.647. The molecule has 1 aromatic rings. The normalized spacial score (nSPS) is 22.8. The van der Waals surface area contributed by atoms with E-state index in [0.717, 1.165) is 19.1 Å². The van der Waals surface area contributed by atoms with Crippen molar-refractivity contribution in [2.75, 3.05) is 13.1 Å². The van der Waals surface area contributed by atoms with Crippen LogP contribution in [0.15, 0.2) is 24.3 Å². The van der Waals surface area contributed by atoms with Gasteiger partial charge in [0.05, 0.1) is 0 Å². The molecule has 2 fully saturated rings. The Morgan fingerprint density at radius 2 is 1.95 bits per heavy atom. The second kappa shape index (κ2) is 5.26. The molecule has 2 nitrogen and oxygen atoms in total. The van der Waals surface area contributed by atoms with E-state index in [2.05, 4.69) is 48.3 Å². The third-order valence-corrected chi connectivity index (χ3v) is 4.43. The van der Waals surface area contributed by atoms with Crippen LogP contribution in [0.2, 0.25) is 0 Å². The van der Waals surface area contributed by atoms with Crippen LogP contribution in [0.3, 0.4) is 0 Å². The van der Waals surface area contributed by atoms with Crippen LogP contribution in [-0.2, 0) is 13.1 Å². The molecular weight excluding hydrogens is 232 g/mol. The molecule has 1 heterocycles. The molecule has 1 aromatic carbocycles. The van der Waals surface area contributed by atoms with Gasteiger partial charge in [-0.25, -0.2) is 0 Å². The van der Waals surface area contributed by atoms with Gasteiger partial charge >= 0.3 is 0 Å². The highest BCUT2D eigenvalue weighted by Gasteiger charge is 2.29. The molecule has 0 bridgehead atoms. The summed E-state index contributed by atoms with van der Waals surface area (Å²) in [7, 11) is 0. The highest BCUT2D eigenvalue weighted by Crippen LogP contribution is 2.30. The smallest absolute Gasteiger partial charge is 0.0237 e. The standard InChI is InChI=1S/C17H26N2/c1-17(2)9-10-19(13-17)12-15-6-4-3-5-14(15)11-18-16-7-8-16/h3-6,16,18H,7-13H2,1-2H3. The van der Waals surface area contributed by atoms with E-state index in [9.17, 15) is 0 Å². The summed E-state index contributed by atoms with van der Waals surface area (Å²) in [5.41, 5.74) is 3.49. The zero-order valence-electron chi connectivity index (χ0n) is 12.3. The first-order valence-electron chi connectivity index (χ1n) is 7.65. The molecule has 2 heteroatoms. The molecule has 0 aromatic heterocycles. The van der Waals surface area contributed by atoms with Gasteiger partial charge in [0.2, 0.25) is 0 Å². The number of nitrogens with one attached hydrogen (secondary N) is 1. The highest BCUT2D eigenvalue weighted by molar-refractivity contribution is 5.27. The molecule has 1 saturated carbocycles. The number of hydrogen-bond acceptors (Lipinski definition) is 2. The maximum Gasteiger partial charge on any atom is 0.0237 e. The molecule has 0 radical (unpaired) electrons. The summed E-state index contributed by atoms with van der Waals surface area (Å²) in [6, 6.07) is 9.72. The highest BCUT2D eigenvalue weighted by atomic mass is 15.1. The second-order valence-electron chi connectivity index (χ2n) is 7.05. The van der Waals surface area contributed by atoms with E-state index in [1.807, 2.05) is 0 Å². The zero-order chi connectivity index (χ0) is 13.3. The minimum atomic E-state index is 0.501. The summed E-state index contributed by atoms with van der Waals surface area (Å²) in [6.07, 6.45) is 4.06. The Morgan fingerprint density at radius 3 is 2.58 bits per heavy atom. The number of nitrogens with zero attached hydrogens (tertiary/aromatic N) is 1. The molecule has 2 aliphatic rings. The molecule has 1 aliphatic heterocycles. The quantitative estimate of drug-likeness (QED) is 0.872. The molecule has 0 amide bonds. The van der Waals surface area contributed by atoms with Crippen LogP contribution in [-0.4, -0.2) is 24.0 Å². The maximum atomic E-state index is 3.64. The van der Waals surface area contributed by atoms with Gasteiger partial charge in [-0.1, -0.05) is 38.1 Å². The Bertz CT molecular complexity index is 435. The van der Waals surface area contributed by atoms with Crippen molar-refractivity contribution < 1.29 is 0 Å². The summed E-state index contributed by atoms with van der Waals surface area (Å²) >= 11 is 0. The number of benzene rings is 1. The van der Waals surface area contributed by atoms with Crippen molar-refractivity contribution in [2.24, 2.45) is 5.41 Å². The second-order valence-corrected chi connectivity index (χ2v) is 7.05. The molecule has 1 N–H and O–H groups in total. The third kappa shape index (κ3) is 3.58. The zero-order valence-corrected chi connectivity index (χ0v) is 12.3. The van der Waals surface area contributed by atoms with Crippen LogP contribution in [0, 0.1) is 5.41 Å². The van der Waals surface area contributed by atoms with E-state index in [4.69, 9.17) is 0 Å². The van der Waals surface area contributed by atoms with Crippen molar-refractivity contribution in [3.05, 3.63) is 35.4 Å². The summed E-state index contributed by atoms with van der Waals surface area (Å²) in [5.74, 6) is 0. The predicted molar refractivity (Wildman–Crippen MR) is 80.0 cm³/mol. The van der Waals surface area contributed by atoms with E-state index >= 15 is 0 Å². The first-order valence-corrected chi connectivity index (χ1v) is 7.65. The van der Waals surface area contributed by atoms with Crippen molar-refractivity contribution in [2.45, 2.75) is 52.2 Å². The van der Waals surface area contributed by atoms with Gasteiger partial charge in [-0.15, -0.1) is 0 Å². The third-order valence-electron chi connectivity index (χ3n) is 4.43. The van der Waals surface area contributed by atoms with Gasteiger partial charge in [0.25, 0.3) is 0 Å². The molecule has 1 aliphatic carbocycles. The molecular formula is C17H26N2. The first kappa shape index (κ1) is 13.1. The van der Waals surface area contributed by atoms with Crippen molar-refractivity contribution >= 4 is 0 Å². The minimum Gasteiger partial charge on any atom is -0.310 e. The van der Waals surface area contributed by atoms with E-state index in [1.54, 1.807) is 0 Å². The number of likely N-dealkylation sites (tertiary alicyclic amines) is 1. The van der Waals surface area contributed by atoms with E-state index < -0.39 is 0 Å². The summed E-state index contributed by atoms with van der Waals surface area (Å²) in [6.45, 7) is 9.40. The maximum absolute atomic E-state index is 3.64. The predicted octanol–water partition coefficient (Wildman–Crippen LogP) is 3.17. The van der Waals surface area contributed by atoms with E-state index in [1.165, 1.54) is 43.5 Å². The van der Waals surface area contributed by atoms with Gasteiger partial charge in [0, 0.05) is 25.7 Å². The van der Waals surface area contributed by atoms with Gasteiger partial charge in [-0.05, 0) is 42.3 Å². The Kier molecular flexibility index (Phi) is 3.64. The molecule has 19 heavy (non-hydrogen) atoms. The summed E-state index contributed by atoms with van der Waals surface area (Å²) < 4.78 is 0. The van der Waals surface area contributed by atoms with Crippen molar-refractivity contribution in [3.63, 3.8) is 0 Å². The van der Waals surface area contributed by atoms with Crippen LogP contribution >= 0.6 is 0 Å². The number of hydrogen-bond donors (Lipinski definition) is 1. The van der Waals surface area contributed by atoms with E-state index in [0.29, 0.717) is 5.41 Å². The topological polar surface area (TPSA) is 15.3 Å². The Hall–Kier alpha value is -0.860. The molecule has 0 unspecified atom stereocenters. The molecule has 104 valence electrons. The number of rotatable bonds is 5. The lowest BCUT2D eigenvalue weighted by Crippen LogP contribution is -2.24. The largest absolute Gasteiger partial charge is 0.310 e.